The molecule has 0 spiro atoms. The van der Waals surface area contributed by atoms with E-state index in [4.69, 9.17) is 4.74 Å². The third-order valence-electron chi connectivity index (χ3n) is 3.93. The van der Waals surface area contributed by atoms with Crippen molar-refractivity contribution >= 4 is 27.7 Å². The smallest absolute Gasteiger partial charge is 0.276 e. The van der Waals surface area contributed by atoms with E-state index < -0.39 is 5.91 Å². The average molecular weight is 433 g/mol. The molecule has 2 aromatic carbocycles. The maximum Gasteiger partial charge on any atom is 0.276 e. The minimum absolute atomic E-state index is 0.124. The van der Waals surface area contributed by atoms with E-state index in [1.165, 1.54) is 0 Å². The third kappa shape index (κ3) is 7.06. The van der Waals surface area contributed by atoms with Gasteiger partial charge in [-0.3, -0.25) is 20.4 Å². The molecule has 2 rings (SSSR count). The number of hydrogen-bond donors (Lipinski definition) is 2. The van der Waals surface area contributed by atoms with Crippen LogP contribution in [-0.4, -0.2) is 18.4 Å². The number of ether oxygens (including phenoxy) is 1. The van der Waals surface area contributed by atoms with Crippen molar-refractivity contribution in [1.29, 1.82) is 0 Å². The lowest BCUT2D eigenvalue weighted by Crippen LogP contribution is -2.44. The minimum Gasteiger partial charge on any atom is -0.483 e. The molecule has 0 heterocycles. The molecule has 27 heavy (non-hydrogen) atoms. The summed E-state index contributed by atoms with van der Waals surface area (Å²) in [5, 5.41) is 0. The molecule has 0 radical (unpaired) electrons. The summed E-state index contributed by atoms with van der Waals surface area (Å²) < 4.78 is 6.61. The summed E-state index contributed by atoms with van der Waals surface area (Å²) in [5.74, 6) is -0.00619. The molecule has 0 saturated heterocycles. The van der Waals surface area contributed by atoms with Crippen LogP contribution in [0.25, 0.3) is 0 Å². The zero-order valence-electron chi connectivity index (χ0n) is 15.8. The molecule has 2 amide bonds. The summed E-state index contributed by atoms with van der Waals surface area (Å²) in [5.41, 5.74) is 6.75. The summed E-state index contributed by atoms with van der Waals surface area (Å²) in [6.45, 7) is 6.06. The van der Waals surface area contributed by atoms with Gasteiger partial charge in [-0.25, -0.2) is 0 Å². The highest BCUT2D eigenvalue weighted by molar-refractivity contribution is 9.10. The van der Waals surface area contributed by atoms with Crippen molar-refractivity contribution < 1.29 is 14.3 Å². The molecule has 144 valence electrons. The Kier molecular flexibility index (Phi) is 7.42. The van der Waals surface area contributed by atoms with Gasteiger partial charge in [-0.15, -0.1) is 0 Å². The Morgan fingerprint density at radius 3 is 2.33 bits per heavy atom. The molecule has 5 nitrogen and oxygen atoms in total. The van der Waals surface area contributed by atoms with Gasteiger partial charge in [-0.1, -0.05) is 67.0 Å². The van der Waals surface area contributed by atoms with Gasteiger partial charge < -0.3 is 4.74 Å². The summed E-state index contributed by atoms with van der Waals surface area (Å²) >= 11 is 3.46. The van der Waals surface area contributed by atoms with E-state index in [0.29, 0.717) is 18.6 Å². The van der Waals surface area contributed by atoms with Crippen LogP contribution in [0.2, 0.25) is 0 Å². The Hall–Kier alpha value is -2.34. The first kappa shape index (κ1) is 21.0. The van der Waals surface area contributed by atoms with Crippen molar-refractivity contribution in [2.75, 3.05) is 6.61 Å². The minimum atomic E-state index is -0.411. The molecular weight excluding hydrogens is 408 g/mol. The lowest BCUT2D eigenvalue weighted by atomic mass is 9.86. The van der Waals surface area contributed by atoms with Crippen molar-refractivity contribution in [3.8, 4) is 5.75 Å². The lowest BCUT2D eigenvalue weighted by molar-refractivity contribution is -0.130. The SMILES string of the molecule is CC(C)(C)c1cc(Br)ccc1OCC(=O)NNC(=O)CCc1ccccc1. The van der Waals surface area contributed by atoms with E-state index in [2.05, 4.69) is 47.6 Å². The Morgan fingerprint density at radius 1 is 1.00 bits per heavy atom. The second kappa shape index (κ2) is 9.55. The first-order valence-corrected chi connectivity index (χ1v) is 9.59. The van der Waals surface area contributed by atoms with E-state index in [9.17, 15) is 9.59 Å². The van der Waals surface area contributed by atoms with Gasteiger partial charge >= 0.3 is 0 Å². The first-order valence-electron chi connectivity index (χ1n) is 8.80. The van der Waals surface area contributed by atoms with E-state index in [0.717, 1.165) is 15.6 Å². The molecule has 0 aliphatic carbocycles. The molecular formula is C21H25BrN2O3. The van der Waals surface area contributed by atoms with Gasteiger partial charge in [0.15, 0.2) is 6.61 Å². The topological polar surface area (TPSA) is 67.4 Å². The second-order valence-corrected chi connectivity index (χ2v) is 8.18. The second-order valence-electron chi connectivity index (χ2n) is 7.26. The molecule has 0 aliphatic heterocycles. The largest absolute Gasteiger partial charge is 0.483 e. The lowest BCUT2D eigenvalue weighted by Gasteiger charge is -2.23. The van der Waals surface area contributed by atoms with Crippen molar-refractivity contribution in [3.05, 3.63) is 64.1 Å². The summed E-state index contributed by atoms with van der Waals surface area (Å²) in [4.78, 5) is 23.8. The van der Waals surface area contributed by atoms with Gasteiger partial charge in [0.2, 0.25) is 5.91 Å². The standard InChI is InChI=1S/C21H25BrN2O3/c1-21(2,3)17-13-16(22)10-11-18(17)27-14-20(26)24-23-19(25)12-9-15-7-5-4-6-8-15/h4-8,10-11,13H,9,12,14H2,1-3H3,(H,23,25)(H,24,26). The van der Waals surface area contributed by atoms with Crippen LogP contribution in [0.5, 0.6) is 5.75 Å². The predicted octanol–water partition coefficient (Wildman–Crippen LogP) is 3.91. The van der Waals surface area contributed by atoms with Gasteiger partial charge in [-0.2, -0.15) is 0 Å². The van der Waals surface area contributed by atoms with Gasteiger partial charge in [0.1, 0.15) is 5.75 Å². The van der Waals surface area contributed by atoms with Crippen LogP contribution < -0.4 is 15.6 Å². The monoisotopic (exact) mass is 432 g/mol. The van der Waals surface area contributed by atoms with Crippen LogP contribution in [-0.2, 0) is 21.4 Å². The third-order valence-corrected chi connectivity index (χ3v) is 4.43. The van der Waals surface area contributed by atoms with Gasteiger partial charge in [-0.05, 0) is 35.6 Å². The average Bonchev–Trinajstić information content (AvgIpc) is 2.63. The maximum atomic E-state index is 12.0. The first-order chi connectivity index (χ1) is 12.8. The zero-order valence-corrected chi connectivity index (χ0v) is 17.4. The van der Waals surface area contributed by atoms with Crippen LogP contribution in [0.1, 0.15) is 38.3 Å². The summed E-state index contributed by atoms with van der Waals surface area (Å²) in [7, 11) is 0. The Labute approximate surface area is 168 Å². The van der Waals surface area contributed by atoms with Crippen molar-refractivity contribution in [2.45, 2.75) is 39.0 Å². The zero-order chi connectivity index (χ0) is 19.9. The van der Waals surface area contributed by atoms with Crippen molar-refractivity contribution in [3.63, 3.8) is 0 Å². The molecule has 0 aliphatic rings. The molecule has 0 saturated carbocycles. The number of benzene rings is 2. The highest BCUT2D eigenvalue weighted by atomic mass is 79.9. The molecule has 0 unspecified atom stereocenters. The number of nitrogens with one attached hydrogen (secondary N) is 2. The van der Waals surface area contributed by atoms with E-state index in [-0.39, 0.29) is 17.9 Å². The normalized spacial score (nSPS) is 11.0. The fourth-order valence-corrected chi connectivity index (χ4v) is 2.86. The highest BCUT2D eigenvalue weighted by Crippen LogP contribution is 2.33. The van der Waals surface area contributed by atoms with E-state index >= 15 is 0 Å². The molecule has 0 atom stereocenters. The number of amides is 2. The van der Waals surface area contributed by atoms with Crippen LogP contribution in [0.15, 0.2) is 53.0 Å². The summed E-state index contributed by atoms with van der Waals surface area (Å²) in [6, 6.07) is 15.4. The Balaban J connectivity index is 1.79. The summed E-state index contributed by atoms with van der Waals surface area (Å²) in [6.07, 6.45) is 0.916. The van der Waals surface area contributed by atoms with Crippen molar-refractivity contribution in [1.82, 2.24) is 10.9 Å². The van der Waals surface area contributed by atoms with Crippen LogP contribution in [0.4, 0.5) is 0 Å². The number of aryl methyl sites for hydroxylation is 1. The number of halogens is 1. The Bertz CT molecular complexity index is 786. The molecule has 0 bridgehead atoms. The van der Waals surface area contributed by atoms with E-state index in [1.54, 1.807) is 0 Å². The van der Waals surface area contributed by atoms with Gasteiger partial charge in [0, 0.05) is 16.5 Å². The highest BCUT2D eigenvalue weighted by Gasteiger charge is 2.20. The number of hydrogen-bond acceptors (Lipinski definition) is 3. The Morgan fingerprint density at radius 2 is 1.67 bits per heavy atom. The molecule has 2 N–H and O–H groups in total. The number of rotatable bonds is 6. The number of carbonyl (C=O) groups is 2. The molecule has 6 heteroatoms. The molecule has 0 fully saturated rings. The van der Waals surface area contributed by atoms with Crippen LogP contribution in [0, 0.1) is 0 Å². The van der Waals surface area contributed by atoms with Crippen molar-refractivity contribution in [2.24, 2.45) is 0 Å². The fraction of sp³-hybridized carbons (Fsp3) is 0.333. The van der Waals surface area contributed by atoms with Gasteiger partial charge in [0.05, 0.1) is 0 Å². The van der Waals surface area contributed by atoms with Crippen LogP contribution >= 0.6 is 15.9 Å². The van der Waals surface area contributed by atoms with E-state index in [1.807, 2.05) is 48.5 Å². The molecule has 2 aromatic rings. The van der Waals surface area contributed by atoms with Crippen LogP contribution in [0.3, 0.4) is 0 Å². The fourth-order valence-electron chi connectivity index (χ4n) is 2.50. The quantitative estimate of drug-likeness (QED) is 0.679. The number of carbonyl (C=O) groups excluding carboxylic acids is 2. The predicted molar refractivity (Wildman–Crippen MR) is 109 cm³/mol. The van der Waals surface area contributed by atoms with Gasteiger partial charge in [0.25, 0.3) is 5.91 Å². The molecule has 0 aromatic heterocycles. The number of hydrazine groups is 1. The maximum absolute atomic E-state index is 12.0.